The number of aromatic nitrogens is 2. The lowest BCUT2D eigenvalue weighted by atomic mass is 10.1. The van der Waals surface area contributed by atoms with E-state index >= 15 is 0 Å². The van der Waals surface area contributed by atoms with Gasteiger partial charge in [-0.05, 0) is 42.5 Å². The zero-order valence-electron chi connectivity index (χ0n) is 16.1. The molecule has 1 amide bonds. The molecular formula is C22H21BrN4O2. The highest BCUT2D eigenvalue weighted by Gasteiger charge is 2.23. The van der Waals surface area contributed by atoms with E-state index in [0.717, 1.165) is 40.4 Å². The SMILES string of the molecule is COc1cccc(-c2ccc(N3CCN(C(=O)c4cccc(Br)c4)CC3)nn2)c1. The zero-order valence-corrected chi connectivity index (χ0v) is 17.7. The molecule has 4 rings (SSSR count). The second-order valence-electron chi connectivity index (χ2n) is 6.80. The van der Waals surface area contributed by atoms with E-state index in [1.165, 1.54) is 0 Å². The smallest absolute Gasteiger partial charge is 0.254 e. The van der Waals surface area contributed by atoms with Crippen LogP contribution < -0.4 is 9.64 Å². The molecule has 0 N–H and O–H groups in total. The van der Waals surface area contributed by atoms with Crippen LogP contribution in [0, 0.1) is 0 Å². The van der Waals surface area contributed by atoms with Gasteiger partial charge in [0.05, 0.1) is 12.8 Å². The van der Waals surface area contributed by atoms with Crippen LogP contribution in [-0.4, -0.2) is 54.3 Å². The highest BCUT2D eigenvalue weighted by atomic mass is 79.9. The second-order valence-corrected chi connectivity index (χ2v) is 7.71. The van der Waals surface area contributed by atoms with Crippen molar-refractivity contribution < 1.29 is 9.53 Å². The molecule has 1 fully saturated rings. The normalized spacial score (nSPS) is 14.0. The van der Waals surface area contributed by atoms with Crippen molar-refractivity contribution in [2.45, 2.75) is 0 Å². The number of rotatable bonds is 4. The van der Waals surface area contributed by atoms with Gasteiger partial charge in [0, 0.05) is 41.8 Å². The molecular weight excluding hydrogens is 432 g/mol. The Kier molecular flexibility index (Phi) is 5.76. The number of hydrogen-bond donors (Lipinski definition) is 0. The average molecular weight is 453 g/mol. The lowest BCUT2D eigenvalue weighted by molar-refractivity contribution is 0.0746. The standard InChI is InChI=1S/C22H21BrN4O2/c1-29-19-7-3-4-16(15-19)20-8-9-21(25-24-20)26-10-12-27(13-11-26)22(28)17-5-2-6-18(23)14-17/h2-9,14-15H,10-13H2,1H3. The van der Waals surface area contributed by atoms with Gasteiger partial charge < -0.3 is 14.5 Å². The molecule has 0 atom stereocenters. The van der Waals surface area contributed by atoms with Crippen molar-refractivity contribution in [3.05, 3.63) is 70.7 Å². The van der Waals surface area contributed by atoms with E-state index in [4.69, 9.17) is 4.74 Å². The summed E-state index contributed by atoms with van der Waals surface area (Å²) in [5.74, 6) is 1.68. The maximum atomic E-state index is 12.7. The van der Waals surface area contributed by atoms with Crippen molar-refractivity contribution in [2.75, 3.05) is 38.2 Å². The van der Waals surface area contributed by atoms with Gasteiger partial charge in [-0.1, -0.05) is 34.1 Å². The number of carbonyl (C=O) groups excluding carboxylic acids is 1. The average Bonchev–Trinajstić information content (AvgIpc) is 2.79. The van der Waals surface area contributed by atoms with E-state index in [1.54, 1.807) is 7.11 Å². The summed E-state index contributed by atoms with van der Waals surface area (Å²) in [7, 11) is 1.65. The van der Waals surface area contributed by atoms with Gasteiger partial charge in [-0.25, -0.2) is 0 Å². The molecule has 6 nitrogen and oxygen atoms in total. The maximum Gasteiger partial charge on any atom is 0.254 e. The topological polar surface area (TPSA) is 58.6 Å². The van der Waals surface area contributed by atoms with Crippen molar-refractivity contribution in [3.63, 3.8) is 0 Å². The Bertz CT molecular complexity index is 1000. The lowest BCUT2D eigenvalue weighted by Gasteiger charge is -2.35. The molecule has 29 heavy (non-hydrogen) atoms. The number of methoxy groups -OCH3 is 1. The predicted octanol–water partition coefficient (Wildman–Crippen LogP) is 3.88. The van der Waals surface area contributed by atoms with E-state index in [1.807, 2.05) is 65.6 Å². The van der Waals surface area contributed by atoms with Gasteiger partial charge in [-0.15, -0.1) is 10.2 Å². The minimum Gasteiger partial charge on any atom is -0.497 e. The van der Waals surface area contributed by atoms with Crippen molar-refractivity contribution in [3.8, 4) is 17.0 Å². The van der Waals surface area contributed by atoms with E-state index < -0.39 is 0 Å². The summed E-state index contributed by atoms with van der Waals surface area (Å²) in [5, 5.41) is 8.78. The minimum absolute atomic E-state index is 0.0606. The first-order valence-corrected chi connectivity index (χ1v) is 10.2. The van der Waals surface area contributed by atoms with Crippen LogP contribution in [0.4, 0.5) is 5.82 Å². The molecule has 7 heteroatoms. The van der Waals surface area contributed by atoms with Crippen molar-refractivity contribution in [1.29, 1.82) is 0 Å². The number of benzene rings is 2. The van der Waals surface area contributed by atoms with Crippen LogP contribution in [0.25, 0.3) is 11.3 Å². The molecule has 3 aromatic rings. The lowest BCUT2D eigenvalue weighted by Crippen LogP contribution is -2.49. The van der Waals surface area contributed by atoms with Gasteiger partial charge in [-0.2, -0.15) is 0 Å². The number of anilines is 1. The molecule has 2 heterocycles. The fourth-order valence-corrected chi connectivity index (χ4v) is 3.77. The van der Waals surface area contributed by atoms with Crippen LogP contribution in [0.1, 0.15) is 10.4 Å². The first-order chi connectivity index (χ1) is 14.1. The number of amides is 1. The Morgan fingerprint density at radius 2 is 1.76 bits per heavy atom. The molecule has 0 bridgehead atoms. The Morgan fingerprint density at radius 3 is 2.45 bits per heavy atom. The highest BCUT2D eigenvalue weighted by Crippen LogP contribution is 2.23. The number of hydrogen-bond acceptors (Lipinski definition) is 5. The monoisotopic (exact) mass is 452 g/mol. The van der Waals surface area contributed by atoms with Gasteiger partial charge in [0.1, 0.15) is 5.75 Å². The molecule has 1 aliphatic rings. The van der Waals surface area contributed by atoms with Crippen LogP contribution >= 0.6 is 15.9 Å². The number of nitrogens with zero attached hydrogens (tertiary/aromatic N) is 4. The first kappa shape index (κ1) is 19.4. The van der Waals surface area contributed by atoms with Crippen LogP contribution in [-0.2, 0) is 0 Å². The molecule has 0 spiro atoms. The summed E-state index contributed by atoms with van der Waals surface area (Å²) in [4.78, 5) is 16.7. The van der Waals surface area contributed by atoms with Crippen LogP contribution in [0.5, 0.6) is 5.75 Å². The van der Waals surface area contributed by atoms with E-state index in [9.17, 15) is 4.79 Å². The van der Waals surface area contributed by atoms with Gasteiger partial charge in [-0.3, -0.25) is 4.79 Å². The molecule has 1 aliphatic heterocycles. The van der Waals surface area contributed by atoms with E-state index in [2.05, 4.69) is 31.0 Å². The third-order valence-electron chi connectivity index (χ3n) is 4.98. The Hall–Kier alpha value is -2.93. The number of carbonyl (C=O) groups is 1. The molecule has 0 aliphatic carbocycles. The van der Waals surface area contributed by atoms with Gasteiger partial charge in [0.25, 0.3) is 5.91 Å². The number of halogens is 1. The van der Waals surface area contributed by atoms with Crippen LogP contribution in [0.3, 0.4) is 0 Å². The zero-order chi connectivity index (χ0) is 20.2. The number of piperazine rings is 1. The van der Waals surface area contributed by atoms with E-state index in [-0.39, 0.29) is 5.91 Å². The summed E-state index contributed by atoms with van der Waals surface area (Å²) in [6.07, 6.45) is 0. The Morgan fingerprint density at radius 1 is 0.966 bits per heavy atom. The molecule has 148 valence electrons. The third-order valence-corrected chi connectivity index (χ3v) is 5.47. The molecule has 1 aromatic heterocycles. The van der Waals surface area contributed by atoms with Gasteiger partial charge in [0.15, 0.2) is 5.82 Å². The van der Waals surface area contributed by atoms with Crippen molar-refractivity contribution in [2.24, 2.45) is 0 Å². The third kappa shape index (κ3) is 4.40. The first-order valence-electron chi connectivity index (χ1n) is 9.42. The summed E-state index contributed by atoms with van der Waals surface area (Å²) in [5.41, 5.74) is 2.47. The van der Waals surface area contributed by atoms with Gasteiger partial charge >= 0.3 is 0 Å². The fraction of sp³-hybridized carbons (Fsp3) is 0.227. The minimum atomic E-state index is 0.0606. The summed E-state index contributed by atoms with van der Waals surface area (Å²) in [6.45, 7) is 2.77. The van der Waals surface area contributed by atoms with Gasteiger partial charge in [0.2, 0.25) is 0 Å². The summed E-state index contributed by atoms with van der Waals surface area (Å²) < 4.78 is 6.18. The second kappa shape index (κ2) is 8.61. The molecule has 0 radical (unpaired) electrons. The quantitative estimate of drug-likeness (QED) is 0.600. The Balaban J connectivity index is 1.40. The summed E-state index contributed by atoms with van der Waals surface area (Å²) in [6, 6.07) is 19.2. The largest absolute Gasteiger partial charge is 0.497 e. The maximum absolute atomic E-state index is 12.7. The molecule has 0 saturated carbocycles. The summed E-state index contributed by atoms with van der Waals surface area (Å²) >= 11 is 3.42. The van der Waals surface area contributed by atoms with Crippen LogP contribution in [0.15, 0.2) is 65.1 Å². The Labute approximate surface area is 178 Å². The van der Waals surface area contributed by atoms with Crippen LogP contribution in [0.2, 0.25) is 0 Å². The highest BCUT2D eigenvalue weighted by molar-refractivity contribution is 9.10. The molecule has 0 unspecified atom stereocenters. The number of ether oxygens (including phenoxy) is 1. The molecule has 2 aromatic carbocycles. The van der Waals surface area contributed by atoms with Crippen molar-refractivity contribution in [1.82, 2.24) is 15.1 Å². The molecule has 1 saturated heterocycles. The predicted molar refractivity (Wildman–Crippen MR) is 116 cm³/mol. The fourth-order valence-electron chi connectivity index (χ4n) is 3.37. The van der Waals surface area contributed by atoms with E-state index in [0.29, 0.717) is 18.7 Å². The van der Waals surface area contributed by atoms with Crippen molar-refractivity contribution >= 4 is 27.7 Å².